The number of ether oxygens (including phenoxy) is 1. The van der Waals surface area contributed by atoms with Gasteiger partial charge in [-0.3, -0.25) is 4.79 Å². The first-order chi connectivity index (χ1) is 12.4. The van der Waals surface area contributed by atoms with E-state index in [1.165, 1.54) is 6.07 Å². The SMILES string of the molecule is Cc1cc(OCCCC(=O)NCc2cccc(C(=O)O)c2)cc(C)c1Cl. The molecule has 0 fully saturated rings. The van der Waals surface area contributed by atoms with Gasteiger partial charge in [0.05, 0.1) is 12.2 Å². The minimum Gasteiger partial charge on any atom is -0.494 e. The van der Waals surface area contributed by atoms with E-state index in [0.717, 1.165) is 27.5 Å². The van der Waals surface area contributed by atoms with E-state index in [4.69, 9.17) is 21.4 Å². The summed E-state index contributed by atoms with van der Waals surface area (Å²) in [5, 5.41) is 12.5. The number of hydrogen-bond acceptors (Lipinski definition) is 3. The van der Waals surface area contributed by atoms with Crippen LogP contribution in [0.3, 0.4) is 0 Å². The average Bonchev–Trinajstić information content (AvgIpc) is 2.61. The van der Waals surface area contributed by atoms with Crippen molar-refractivity contribution >= 4 is 23.5 Å². The van der Waals surface area contributed by atoms with Gasteiger partial charge in [-0.25, -0.2) is 4.79 Å². The highest BCUT2D eigenvalue weighted by Gasteiger charge is 2.06. The zero-order chi connectivity index (χ0) is 19.1. The highest BCUT2D eigenvalue weighted by Crippen LogP contribution is 2.25. The molecule has 6 heteroatoms. The summed E-state index contributed by atoms with van der Waals surface area (Å²) in [6.07, 6.45) is 0.923. The molecule has 1 amide bonds. The molecule has 0 aliphatic carbocycles. The molecule has 26 heavy (non-hydrogen) atoms. The van der Waals surface area contributed by atoms with Crippen molar-refractivity contribution in [3.8, 4) is 5.75 Å². The van der Waals surface area contributed by atoms with E-state index in [1.807, 2.05) is 26.0 Å². The van der Waals surface area contributed by atoms with Crippen LogP contribution in [-0.2, 0) is 11.3 Å². The number of aromatic carboxylic acids is 1. The molecule has 2 rings (SSSR count). The summed E-state index contributed by atoms with van der Waals surface area (Å²) < 4.78 is 5.67. The van der Waals surface area contributed by atoms with Gasteiger partial charge in [0.2, 0.25) is 5.91 Å². The van der Waals surface area contributed by atoms with Crippen molar-refractivity contribution in [2.75, 3.05) is 6.61 Å². The summed E-state index contributed by atoms with van der Waals surface area (Å²) in [5.74, 6) is -0.337. The maximum Gasteiger partial charge on any atom is 0.335 e. The van der Waals surface area contributed by atoms with E-state index in [9.17, 15) is 9.59 Å². The fourth-order valence-corrected chi connectivity index (χ4v) is 2.62. The largest absolute Gasteiger partial charge is 0.494 e. The van der Waals surface area contributed by atoms with Gasteiger partial charge in [-0.05, 0) is 61.2 Å². The van der Waals surface area contributed by atoms with Crippen LogP contribution in [0, 0.1) is 13.8 Å². The number of halogens is 1. The van der Waals surface area contributed by atoms with E-state index in [-0.39, 0.29) is 11.5 Å². The predicted octanol–water partition coefficient (Wildman–Crippen LogP) is 4.13. The Morgan fingerprint density at radius 3 is 2.50 bits per heavy atom. The Bertz CT molecular complexity index is 781. The van der Waals surface area contributed by atoms with Crippen molar-refractivity contribution in [1.82, 2.24) is 5.32 Å². The molecule has 0 unspecified atom stereocenters. The second-order valence-corrected chi connectivity index (χ2v) is 6.48. The number of carboxylic acid groups (broad SMARTS) is 1. The van der Waals surface area contributed by atoms with E-state index in [1.54, 1.807) is 18.2 Å². The van der Waals surface area contributed by atoms with Crippen molar-refractivity contribution in [3.63, 3.8) is 0 Å². The molecule has 0 bridgehead atoms. The topological polar surface area (TPSA) is 75.6 Å². The third-order valence-electron chi connectivity index (χ3n) is 3.89. The third kappa shape index (κ3) is 5.77. The fraction of sp³-hybridized carbons (Fsp3) is 0.300. The lowest BCUT2D eigenvalue weighted by Crippen LogP contribution is -2.23. The molecule has 0 radical (unpaired) electrons. The molecule has 2 N–H and O–H groups in total. The fourth-order valence-electron chi connectivity index (χ4n) is 2.52. The van der Waals surface area contributed by atoms with Crippen LogP contribution in [0.2, 0.25) is 5.02 Å². The first-order valence-electron chi connectivity index (χ1n) is 8.35. The smallest absolute Gasteiger partial charge is 0.335 e. The summed E-state index contributed by atoms with van der Waals surface area (Å²) in [6, 6.07) is 10.3. The normalized spacial score (nSPS) is 10.4. The molecule has 0 heterocycles. The molecular weight excluding hydrogens is 354 g/mol. The quantitative estimate of drug-likeness (QED) is 0.680. The number of rotatable bonds is 8. The van der Waals surface area contributed by atoms with Crippen molar-refractivity contribution in [2.45, 2.75) is 33.2 Å². The number of amides is 1. The Hall–Kier alpha value is -2.53. The Morgan fingerprint density at radius 1 is 1.15 bits per heavy atom. The molecule has 138 valence electrons. The number of hydrogen-bond donors (Lipinski definition) is 2. The summed E-state index contributed by atoms with van der Waals surface area (Å²) in [4.78, 5) is 22.8. The molecular formula is C20H22ClNO4. The maximum atomic E-state index is 11.9. The second kappa shape index (κ2) is 9.25. The lowest BCUT2D eigenvalue weighted by Gasteiger charge is -2.10. The highest BCUT2D eigenvalue weighted by atomic mass is 35.5. The Balaban J connectivity index is 1.72. The molecule has 0 aliphatic rings. The first kappa shape index (κ1) is 19.8. The minimum atomic E-state index is -0.983. The van der Waals surface area contributed by atoms with Crippen LogP contribution in [0.25, 0.3) is 0 Å². The van der Waals surface area contributed by atoms with Crippen LogP contribution in [0.5, 0.6) is 5.75 Å². The van der Waals surface area contributed by atoms with Crippen LogP contribution >= 0.6 is 11.6 Å². The van der Waals surface area contributed by atoms with E-state index >= 15 is 0 Å². The third-order valence-corrected chi connectivity index (χ3v) is 4.49. The van der Waals surface area contributed by atoms with Crippen molar-refractivity contribution in [3.05, 3.63) is 63.7 Å². The van der Waals surface area contributed by atoms with Gasteiger partial charge in [0.1, 0.15) is 5.75 Å². The standard InChI is InChI=1S/C20H22ClNO4/c1-13-9-17(10-14(2)19(13)21)26-8-4-7-18(23)22-12-15-5-3-6-16(11-15)20(24)25/h3,5-6,9-11H,4,7-8,12H2,1-2H3,(H,22,23)(H,24,25). The van der Waals surface area contributed by atoms with Crippen LogP contribution in [0.4, 0.5) is 0 Å². The zero-order valence-corrected chi connectivity index (χ0v) is 15.6. The minimum absolute atomic E-state index is 0.0993. The van der Waals surface area contributed by atoms with Gasteiger partial charge < -0.3 is 15.2 Å². The van der Waals surface area contributed by atoms with Gasteiger partial charge in [-0.15, -0.1) is 0 Å². The predicted molar refractivity (Wildman–Crippen MR) is 101 cm³/mol. The van der Waals surface area contributed by atoms with E-state index in [0.29, 0.717) is 26.0 Å². The molecule has 0 saturated heterocycles. The molecule has 0 spiro atoms. The van der Waals surface area contributed by atoms with Crippen LogP contribution in [0.1, 0.15) is 39.9 Å². The Kier molecular flexibility index (Phi) is 7.04. The number of carbonyl (C=O) groups excluding carboxylic acids is 1. The van der Waals surface area contributed by atoms with Gasteiger partial charge in [0.15, 0.2) is 0 Å². The molecule has 2 aromatic carbocycles. The van der Waals surface area contributed by atoms with Crippen molar-refractivity contribution in [1.29, 1.82) is 0 Å². The monoisotopic (exact) mass is 375 g/mol. The molecule has 0 atom stereocenters. The number of carbonyl (C=O) groups is 2. The van der Waals surface area contributed by atoms with E-state index in [2.05, 4.69) is 5.32 Å². The summed E-state index contributed by atoms with van der Waals surface area (Å²) >= 11 is 6.12. The van der Waals surface area contributed by atoms with E-state index < -0.39 is 5.97 Å². The summed E-state index contributed by atoms with van der Waals surface area (Å²) in [6.45, 7) is 4.59. The van der Waals surface area contributed by atoms with Gasteiger partial charge in [-0.1, -0.05) is 23.7 Å². The van der Waals surface area contributed by atoms with Gasteiger partial charge >= 0.3 is 5.97 Å². The van der Waals surface area contributed by atoms with Crippen LogP contribution in [-0.4, -0.2) is 23.6 Å². The number of aryl methyl sites for hydroxylation is 2. The van der Waals surface area contributed by atoms with Crippen molar-refractivity contribution < 1.29 is 19.4 Å². The molecule has 0 saturated carbocycles. The first-order valence-corrected chi connectivity index (χ1v) is 8.73. The van der Waals surface area contributed by atoms with Crippen molar-refractivity contribution in [2.24, 2.45) is 0 Å². The van der Waals surface area contributed by atoms with Crippen LogP contribution in [0.15, 0.2) is 36.4 Å². The number of benzene rings is 2. The molecule has 0 aromatic heterocycles. The highest BCUT2D eigenvalue weighted by molar-refractivity contribution is 6.32. The maximum absolute atomic E-state index is 11.9. The Labute approximate surface area is 157 Å². The van der Waals surface area contributed by atoms with Gasteiger partial charge in [-0.2, -0.15) is 0 Å². The van der Waals surface area contributed by atoms with Gasteiger partial charge in [0.25, 0.3) is 0 Å². The molecule has 0 aliphatic heterocycles. The summed E-state index contributed by atoms with van der Waals surface area (Å²) in [7, 11) is 0. The average molecular weight is 376 g/mol. The number of nitrogens with one attached hydrogen (secondary N) is 1. The zero-order valence-electron chi connectivity index (χ0n) is 14.8. The lowest BCUT2D eigenvalue weighted by atomic mass is 10.1. The second-order valence-electron chi connectivity index (χ2n) is 6.11. The summed E-state index contributed by atoms with van der Waals surface area (Å²) in [5.41, 5.74) is 2.88. The molecule has 5 nitrogen and oxygen atoms in total. The Morgan fingerprint density at radius 2 is 1.85 bits per heavy atom. The molecule has 2 aromatic rings. The number of carboxylic acids is 1. The van der Waals surface area contributed by atoms with Crippen LogP contribution < -0.4 is 10.1 Å². The lowest BCUT2D eigenvalue weighted by molar-refractivity contribution is -0.121. The van der Waals surface area contributed by atoms with Gasteiger partial charge in [0, 0.05) is 18.0 Å².